The first kappa shape index (κ1) is 10.6. The summed E-state index contributed by atoms with van der Waals surface area (Å²) in [5.41, 5.74) is 0.746. The summed E-state index contributed by atoms with van der Waals surface area (Å²) in [6.07, 6.45) is 4.34. The Balaban J connectivity index is 1.97. The lowest BCUT2D eigenvalue weighted by Gasteiger charge is -2.25. The molecule has 1 saturated heterocycles. The third-order valence-electron chi connectivity index (χ3n) is 2.58. The fourth-order valence-corrected chi connectivity index (χ4v) is 1.72. The van der Waals surface area contributed by atoms with Crippen molar-refractivity contribution in [2.24, 2.45) is 0 Å². The second-order valence-corrected chi connectivity index (χ2v) is 4.07. The number of ether oxygens (including phenoxy) is 1. The topological polar surface area (TPSA) is 52.8 Å². The molecule has 3 rings (SSSR count). The second-order valence-electron chi connectivity index (χ2n) is 3.74. The van der Waals surface area contributed by atoms with E-state index in [9.17, 15) is 4.39 Å². The predicted molar refractivity (Wildman–Crippen MR) is 58.1 cm³/mol. The van der Waals surface area contributed by atoms with Gasteiger partial charge in [0.15, 0.2) is 5.82 Å². The Morgan fingerprint density at radius 2 is 2.24 bits per heavy atom. The minimum atomic E-state index is -0.515. The highest BCUT2D eigenvalue weighted by Crippen LogP contribution is 2.23. The molecule has 1 aliphatic heterocycles. The van der Waals surface area contributed by atoms with E-state index in [1.165, 1.54) is 0 Å². The minimum Gasteiger partial charge on any atom is -0.377 e. The molecule has 2 aromatic heterocycles. The van der Waals surface area contributed by atoms with Crippen LogP contribution in [0.3, 0.4) is 0 Å². The lowest BCUT2D eigenvalue weighted by Crippen LogP contribution is -2.30. The number of halogens is 2. The highest BCUT2D eigenvalue weighted by molar-refractivity contribution is 6.28. The van der Waals surface area contributed by atoms with Crippen molar-refractivity contribution in [2.75, 3.05) is 13.2 Å². The van der Waals surface area contributed by atoms with Gasteiger partial charge in [-0.2, -0.15) is 5.10 Å². The third-order valence-corrected chi connectivity index (χ3v) is 2.77. The number of nitrogens with zero attached hydrogens (tertiary/aromatic N) is 4. The first-order valence-corrected chi connectivity index (χ1v) is 5.42. The van der Waals surface area contributed by atoms with Gasteiger partial charge in [0.1, 0.15) is 5.69 Å². The van der Waals surface area contributed by atoms with Crippen molar-refractivity contribution < 1.29 is 9.13 Å². The van der Waals surface area contributed by atoms with E-state index in [1.807, 2.05) is 0 Å². The predicted octanol–water partition coefficient (Wildman–Crippen LogP) is 1.70. The van der Waals surface area contributed by atoms with Crippen LogP contribution in [0.5, 0.6) is 0 Å². The van der Waals surface area contributed by atoms with Crippen LogP contribution in [0.1, 0.15) is 6.04 Å². The van der Waals surface area contributed by atoms with Crippen molar-refractivity contribution in [3.05, 3.63) is 29.7 Å². The van der Waals surface area contributed by atoms with Gasteiger partial charge in [-0.25, -0.2) is 14.4 Å². The molecule has 0 N–H and O–H groups in total. The van der Waals surface area contributed by atoms with Crippen LogP contribution in [0.4, 0.5) is 4.39 Å². The summed E-state index contributed by atoms with van der Waals surface area (Å²) >= 11 is 5.64. The molecule has 3 heterocycles. The van der Waals surface area contributed by atoms with E-state index in [0.717, 1.165) is 6.20 Å². The van der Waals surface area contributed by atoms with Crippen LogP contribution >= 0.6 is 11.6 Å². The number of aromatic nitrogens is 4. The monoisotopic (exact) mass is 254 g/mol. The first-order valence-electron chi connectivity index (χ1n) is 5.04. The minimum absolute atomic E-state index is 0.0149. The van der Waals surface area contributed by atoms with Crippen LogP contribution in [0.15, 0.2) is 18.6 Å². The van der Waals surface area contributed by atoms with Crippen LogP contribution in [0, 0.1) is 5.82 Å². The van der Waals surface area contributed by atoms with Crippen LogP contribution in [-0.4, -0.2) is 33.0 Å². The molecule has 88 valence electrons. The molecule has 0 aromatic carbocycles. The van der Waals surface area contributed by atoms with Crippen LogP contribution in [0.2, 0.25) is 5.28 Å². The maximum absolute atomic E-state index is 13.5. The van der Waals surface area contributed by atoms with Gasteiger partial charge in [0.2, 0.25) is 5.28 Å². The van der Waals surface area contributed by atoms with Gasteiger partial charge in [-0.3, -0.25) is 4.68 Å². The van der Waals surface area contributed by atoms with E-state index in [2.05, 4.69) is 15.1 Å². The van der Waals surface area contributed by atoms with E-state index in [0.29, 0.717) is 18.8 Å². The highest BCUT2D eigenvalue weighted by atomic mass is 35.5. The molecule has 0 aliphatic carbocycles. The van der Waals surface area contributed by atoms with Crippen molar-refractivity contribution in [1.82, 2.24) is 19.7 Å². The zero-order valence-electron chi connectivity index (χ0n) is 8.68. The third kappa shape index (κ3) is 1.89. The molecule has 0 unspecified atom stereocenters. The molecular formula is C10H8ClFN4O. The van der Waals surface area contributed by atoms with Crippen molar-refractivity contribution >= 4 is 11.6 Å². The van der Waals surface area contributed by atoms with Crippen molar-refractivity contribution in [3.8, 4) is 11.3 Å². The van der Waals surface area contributed by atoms with Crippen LogP contribution in [0.25, 0.3) is 11.3 Å². The van der Waals surface area contributed by atoms with Gasteiger partial charge in [-0.15, -0.1) is 0 Å². The zero-order chi connectivity index (χ0) is 11.8. The summed E-state index contributed by atoms with van der Waals surface area (Å²) < 4.78 is 20.3. The SMILES string of the molecule is Fc1cnc(Cl)nc1-c1cnn(C2COC2)c1. The molecule has 0 bridgehead atoms. The molecule has 1 fully saturated rings. The highest BCUT2D eigenvalue weighted by Gasteiger charge is 2.22. The maximum atomic E-state index is 13.5. The molecule has 5 nitrogen and oxygen atoms in total. The molecular weight excluding hydrogens is 247 g/mol. The Labute approximate surface area is 101 Å². The number of hydrogen-bond acceptors (Lipinski definition) is 4. The van der Waals surface area contributed by atoms with E-state index >= 15 is 0 Å². The summed E-state index contributed by atoms with van der Waals surface area (Å²) in [6, 6.07) is 0.226. The van der Waals surface area contributed by atoms with Crippen molar-refractivity contribution in [1.29, 1.82) is 0 Å². The zero-order valence-corrected chi connectivity index (χ0v) is 9.43. The Kier molecular flexibility index (Phi) is 2.53. The largest absolute Gasteiger partial charge is 0.377 e. The molecule has 0 spiro atoms. The first-order chi connectivity index (χ1) is 8.24. The normalized spacial score (nSPS) is 15.9. The average Bonchev–Trinajstić information content (AvgIpc) is 2.68. The van der Waals surface area contributed by atoms with E-state index in [-0.39, 0.29) is 17.0 Å². The molecule has 2 aromatic rings. The average molecular weight is 255 g/mol. The van der Waals surface area contributed by atoms with Gasteiger partial charge in [0.25, 0.3) is 0 Å². The summed E-state index contributed by atoms with van der Waals surface area (Å²) in [6.45, 7) is 1.27. The Bertz CT molecular complexity index is 555. The molecule has 17 heavy (non-hydrogen) atoms. The van der Waals surface area contributed by atoms with Crippen LogP contribution in [-0.2, 0) is 4.74 Å². The molecule has 1 aliphatic rings. The van der Waals surface area contributed by atoms with Gasteiger partial charge < -0.3 is 4.74 Å². The lowest BCUT2D eigenvalue weighted by atomic mass is 10.2. The Morgan fingerprint density at radius 1 is 1.41 bits per heavy atom. The lowest BCUT2D eigenvalue weighted by molar-refractivity contribution is -0.0286. The van der Waals surface area contributed by atoms with Gasteiger partial charge in [-0.1, -0.05) is 0 Å². The quantitative estimate of drug-likeness (QED) is 0.766. The van der Waals surface area contributed by atoms with Crippen LogP contribution < -0.4 is 0 Å². The van der Waals surface area contributed by atoms with Crippen molar-refractivity contribution in [2.45, 2.75) is 6.04 Å². The van der Waals surface area contributed by atoms with Gasteiger partial charge >= 0.3 is 0 Å². The molecule has 7 heteroatoms. The summed E-state index contributed by atoms with van der Waals surface area (Å²) in [5, 5.41) is 4.17. The molecule has 0 radical (unpaired) electrons. The van der Waals surface area contributed by atoms with Gasteiger partial charge in [0, 0.05) is 11.8 Å². The molecule has 0 saturated carbocycles. The van der Waals surface area contributed by atoms with Crippen molar-refractivity contribution in [3.63, 3.8) is 0 Å². The smallest absolute Gasteiger partial charge is 0.223 e. The summed E-state index contributed by atoms with van der Waals surface area (Å²) in [4.78, 5) is 7.42. The Morgan fingerprint density at radius 3 is 2.94 bits per heavy atom. The fraction of sp³-hybridized carbons (Fsp3) is 0.300. The second kappa shape index (κ2) is 4.05. The molecule has 0 amide bonds. The summed E-state index contributed by atoms with van der Waals surface area (Å²) in [5.74, 6) is -0.515. The standard InChI is InChI=1S/C10H8ClFN4O/c11-10-13-2-8(12)9(15-10)6-1-14-16(3-6)7-4-17-5-7/h1-3,7H,4-5H2. The Hall–Kier alpha value is -1.53. The van der Waals surface area contributed by atoms with Gasteiger partial charge in [-0.05, 0) is 11.6 Å². The maximum Gasteiger partial charge on any atom is 0.223 e. The van der Waals surface area contributed by atoms with E-state index in [1.54, 1.807) is 17.1 Å². The molecule has 0 atom stereocenters. The summed E-state index contributed by atoms with van der Waals surface area (Å²) in [7, 11) is 0. The van der Waals surface area contributed by atoms with Gasteiger partial charge in [0.05, 0.1) is 31.6 Å². The van der Waals surface area contributed by atoms with E-state index in [4.69, 9.17) is 16.3 Å². The number of hydrogen-bond donors (Lipinski definition) is 0. The number of rotatable bonds is 2. The fourth-order valence-electron chi connectivity index (χ4n) is 1.58. The van der Waals surface area contributed by atoms with E-state index < -0.39 is 5.82 Å².